The quantitative estimate of drug-likeness (QED) is 0.807. The Labute approximate surface area is 152 Å². The molecule has 1 atom stereocenters. The number of ether oxygens (including phenoxy) is 1. The number of hydrogen-bond donors (Lipinski definition) is 1. The number of carbonyl (C=O) groups excluding carboxylic acids is 2. The molecule has 1 aliphatic carbocycles. The van der Waals surface area contributed by atoms with Crippen LogP contribution >= 0.6 is 11.6 Å². The van der Waals surface area contributed by atoms with Crippen LogP contribution in [-0.2, 0) is 14.3 Å². The number of halogens is 1. The van der Waals surface area contributed by atoms with Gasteiger partial charge in [0.1, 0.15) is 0 Å². The molecule has 5 heteroatoms. The van der Waals surface area contributed by atoms with Crippen molar-refractivity contribution in [3.63, 3.8) is 0 Å². The number of nitrogens with one attached hydrogen (secondary N) is 1. The van der Waals surface area contributed by atoms with Crippen LogP contribution in [0.2, 0.25) is 5.02 Å². The molecule has 1 aliphatic heterocycles. The normalized spacial score (nSPS) is 22.4. The average molecular weight is 360 g/mol. The highest BCUT2D eigenvalue weighted by atomic mass is 35.5. The van der Waals surface area contributed by atoms with Crippen LogP contribution in [0.4, 0.5) is 0 Å². The minimum absolute atomic E-state index is 0.0533. The van der Waals surface area contributed by atoms with Crippen LogP contribution in [0.5, 0.6) is 0 Å². The van der Waals surface area contributed by atoms with Crippen molar-refractivity contribution in [1.82, 2.24) is 5.32 Å². The predicted octanol–water partition coefficient (Wildman–Crippen LogP) is 4.12. The van der Waals surface area contributed by atoms with Gasteiger partial charge in [-0.15, -0.1) is 0 Å². The number of dihydropyridines is 1. The third kappa shape index (κ3) is 3.11. The van der Waals surface area contributed by atoms with E-state index in [9.17, 15) is 9.59 Å². The van der Waals surface area contributed by atoms with Crippen LogP contribution in [-0.4, -0.2) is 18.9 Å². The zero-order valence-corrected chi connectivity index (χ0v) is 15.7. The number of hydrogen-bond acceptors (Lipinski definition) is 4. The lowest BCUT2D eigenvalue weighted by Gasteiger charge is -2.39. The fourth-order valence-corrected chi connectivity index (χ4v) is 4.08. The molecule has 4 nitrogen and oxygen atoms in total. The highest BCUT2D eigenvalue weighted by Gasteiger charge is 2.43. The van der Waals surface area contributed by atoms with Crippen LogP contribution in [0.25, 0.3) is 0 Å². The molecule has 3 rings (SSSR count). The van der Waals surface area contributed by atoms with Crippen LogP contribution < -0.4 is 5.32 Å². The van der Waals surface area contributed by atoms with E-state index < -0.39 is 11.9 Å². The van der Waals surface area contributed by atoms with Crippen molar-refractivity contribution in [3.8, 4) is 0 Å². The van der Waals surface area contributed by atoms with Gasteiger partial charge in [0.2, 0.25) is 0 Å². The maximum absolute atomic E-state index is 13.0. The van der Waals surface area contributed by atoms with E-state index in [1.165, 1.54) is 7.11 Å². The van der Waals surface area contributed by atoms with Crippen molar-refractivity contribution in [2.75, 3.05) is 7.11 Å². The van der Waals surface area contributed by atoms with Crippen molar-refractivity contribution in [1.29, 1.82) is 0 Å². The lowest BCUT2D eigenvalue weighted by Crippen LogP contribution is -2.38. The molecule has 1 heterocycles. The van der Waals surface area contributed by atoms with Gasteiger partial charge >= 0.3 is 5.97 Å². The zero-order chi connectivity index (χ0) is 18.4. The Morgan fingerprint density at radius 2 is 1.96 bits per heavy atom. The molecule has 1 aromatic carbocycles. The lowest BCUT2D eigenvalue weighted by molar-refractivity contribution is -0.136. The maximum atomic E-state index is 13.0. The van der Waals surface area contributed by atoms with Crippen molar-refractivity contribution in [3.05, 3.63) is 57.4 Å². The Kier molecular flexibility index (Phi) is 4.50. The first kappa shape index (κ1) is 17.7. The molecule has 2 aliphatic rings. The Balaban J connectivity index is 2.24. The first-order valence-electron chi connectivity index (χ1n) is 8.32. The Hall–Kier alpha value is -2.07. The fraction of sp³-hybridized carbons (Fsp3) is 0.400. The molecule has 0 fully saturated rings. The summed E-state index contributed by atoms with van der Waals surface area (Å²) >= 11 is 6.42. The molecule has 0 spiro atoms. The van der Waals surface area contributed by atoms with Crippen LogP contribution in [0.1, 0.15) is 45.1 Å². The first-order chi connectivity index (χ1) is 11.7. The summed E-state index contributed by atoms with van der Waals surface area (Å²) in [5.74, 6) is -0.891. The summed E-state index contributed by atoms with van der Waals surface area (Å²) in [6.45, 7) is 6.00. The van der Waals surface area contributed by atoms with Crippen LogP contribution in [0.15, 0.2) is 46.8 Å². The van der Waals surface area contributed by atoms with Gasteiger partial charge in [0.15, 0.2) is 5.78 Å². The smallest absolute Gasteiger partial charge is 0.336 e. The van der Waals surface area contributed by atoms with Crippen molar-refractivity contribution in [2.45, 2.75) is 39.5 Å². The number of allylic oxidation sites excluding steroid dienone is 3. The van der Waals surface area contributed by atoms with Gasteiger partial charge in [-0.25, -0.2) is 4.79 Å². The molecule has 0 saturated carbocycles. The molecule has 0 amide bonds. The molecule has 0 aromatic heterocycles. The Morgan fingerprint density at radius 3 is 2.60 bits per heavy atom. The monoisotopic (exact) mass is 359 g/mol. The van der Waals surface area contributed by atoms with Crippen LogP contribution in [0, 0.1) is 5.41 Å². The topological polar surface area (TPSA) is 55.4 Å². The van der Waals surface area contributed by atoms with E-state index in [2.05, 4.69) is 19.2 Å². The number of esters is 1. The van der Waals surface area contributed by atoms with Crippen LogP contribution in [0.3, 0.4) is 0 Å². The third-order valence-corrected chi connectivity index (χ3v) is 5.21. The van der Waals surface area contributed by atoms with E-state index in [1.807, 2.05) is 25.1 Å². The Bertz CT molecular complexity index is 820. The highest BCUT2D eigenvalue weighted by molar-refractivity contribution is 6.31. The SMILES string of the molecule is COC(=O)C1=C(C)NC2=C(C(=O)CC(C)(C)C2)[C@@H]1c1ccccc1Cl. The maximum Gasteiger partial charge on any atom is 0.336 e. The minimum atomic E-state index is -0.499. The fourth-order valence-electron chi connectivity index (χ4n) is 3.84. The van der Waals surface area contributed by atoms with Gasteiger partial charge in [-0.3, -0.25) is 4.79 Å². The third-order valence-electron chi connectivity index (χ3n) is 4.86. The molecule has 0 saturated heterocycles. The summed E-state index contributed by atoms with van der Waals surface area (Å²) in [6.07, 6.45) is 1.20. The van der Waals surface area contributed by atoms with Gasteiger partial charge < -0.3 is 10.1 Å². The average Bonchev–Trinajstić information content (AvgIpc) is 2.52. The second-order valence-electron chi connectivity index (χ2n) is 7.44. The molecule has 132 valence electrons. The minimum Gasteiger partial charge on any atom is -0.466 e. The van der Waals surface area contributed by atoms with Gasteiger partial charge in [-0.05, 0) is 30.4 Å². The van der Waals surface area contributed by atoms with Gasteiger partial charge in [0.05, 0.1) is 12.7 Å². The summed E-state index contributed by atoms with van der Waals surface area (Å²) in [7, 11) is 1.35. The second-order valence-corrected chi connectivity index (χ2v) is 7.85. The van der Waals surface area contributed by atoms with Gasteiger partial charge in [-0.1, -0.05) is 43.6 Å². The van der Waals surface area contributed by atoms with E-state index in [4.69, 9.17) is 16.3 Å². The number of ketones is 1. The van der Waals surface area contributed by atoms with Crippen molar-refractivity contribution < 1.29 is 14.3 Å². The van der Waals surface area contributed by atoms with E-state index in [-0.39, 0.29) is 11.2 Å². The number of Topliss-reactive ketones (excluding diaryl/α,β-unsaturated/α-hetero) is 1. The molecule has 0 unspecified atom stereocenters. The second kappa shape index (κ2) is 6.34. The first-order valence-corrected chi connectivity index (χ1v) is 8.70. The molecule has 25 heavy (non-hydrogen) atoms. The highest BCUT2D eigenvalue weighted by Crippen LogP contribution is 2.47. The van der Waals surface area contributed by atoms with Crippen molar-refractivity contribution in [2.24, 2.45) is 5.41 Å². The van der Waals surface area contributed by atoms with Gasteiger partial charge in [-0.2, -0.15) is 0 Å². The molecule has 1 aromatic rings. The molecule has 0 radical (unpaired) electrons. The molecular weight excluding hydrogens is 338 g/mol. The predicted molar refractivity (Wildman–Crippen MR) is 97.1 cm³/mol. The number of benzene rings is 1. The van der Waals surface area contributed by atoms with E-state index in [0.29, 0.717) is 28.3 Å². The summed E-state index contributed by atoms with van der Waals surface area (Å²) < 4.78 is 4.99. The summed E-state index contributed by atoms with van der Waals surface area (Å²) in [4.78, 5) is 25.5. The molecular formula is C20H22ClNO3. The Morgan fingerprint density at radius 1 is 1.28 bits per heavy atom. The molecule has 1 N–H and O–H groups in total. The number of carbonyl (C=O) groups is 2. The number of rotatable bonds is 2. The van der Waals surface area contributed by atoms with E-state index in [0.717, 1.165) is 17.7 Å². The summed E-state index contributed by atoms with van der Waals surface area (Å²) in [5.41, 5.74) is 3.32. The van der Waals surface area contributed by atoms with Gasteiger partial charge in [0.25, 0.3) is 0 Å². The lowest BCUT2D eigenvalue weighted by atomic mass is 9.68. The molecule has 0 bridgehead atoms. The van der Waals surface area contributed by atoms with Crippen molar-refractivity contribution >= 4 is 23.4 Å². The van der Waals surface area contributed by atoms with Gasteiger partial charge in [0, 0.05) is 34.3 Å². The summed E-state index contributed by atoms with van der Waals surface area (Å²) in [6, 6.07) is 7.35. The zero-order valence-electron chi connectivity index (χ0n) is 14.9. The summed E-state index contributed by atoms with van der Waals surface area (Å²) in [5, 5.41) is 3.82. The number of methoxy groups -OCH3 is 1. The van der Waals surface area contributed by atoms with E-state index >= 15 is 0 Å². The largest absolute Gasteiger partial charge is 0.466 e. The van der Waals surface area contributed by atoms with E-state index in [1.54, 1.807) is 6.07 Å². The standard InChI is InChI=1S/C20H22ClNO3/c1-11-16(19(24)25-4)17(12-7-5-6-8-13(12)21)18-14(22-11)9-20(2,3)10-15(18)23/h5-8,17,22H,9-10H2,1-4H3/t17-/m1/s1.